The van der Waals surface area contributed by atoms with E-state index >= 15 is 0 Å². The van der Waals surface area contributed by atoms with Gasteiger partial charge in [0.2, 0.25) is 0 Å². The van der Waals surface area contributed by atoms with Crippen LogP contribution in [0.4, 0.5) is 4.79 Å². The maximum absolute atomic E-state index is 12.7. The van der Waals surface area contributed by atoms with Crippen molar-refractivity contribution in [2.24, 2.45) is 0 Å². The molecule has 2 aromatic carbocycles. The second kappa shape index (κ2) is 9.03. The van der Waals surface area contributed by atoms with Gasteiger partial charge in [-0.15, -0.1) is 0 Å². The van der Waals surface area contributed by atoms with Crippen LogP contribution < -0.4 is 15.4 Å². The van der Waals surface area contributed by atoms with E-state index in [0.717, 1.165) is 11.1 Å². The molecule has 1 atom stereocenters. The van der Waals surface area contributed by atoms with E-state index in [1.165, 1.54) is 11.1 Å². The zero-order valence-electron chi connectivity index (χ0n) is 18.0. The number of allylic oxidation sites excluding steroid dienone is 1. The first-order valence-electron chi connectivity index (χ1n) is 10.0. The van der Waals surface area contributed by atoms with Gasteiger partial charge in [0.15, 0.2) is 0 Å². The molecule has 0 aromatic heterocycles. The van der Waals surface area contributed by atoms with Crippen molar-refractivity contribution in [2.75, 3.05) is 0 Å². The van der Waals surface area contributed by atoms with Crippen LogP contribution in [0.15, 0.2) is 53.7 Å². The van der Waals surface area contributed by atoms with E-state index in [1.54, 1.807) is 20.8 Å². The van der Waals surface area contributed by atoms with Crippen LogP contribution in [0.5, 0.6) is 5.75 Å². The first-order chi connectivity index (χ1) is 14.2. The smallest absolute Gasteiger partial charge is 0.338 e. The van der Waals surface area contributed by atoms with Crippen molar-refractivity contribution in [1.29, 1.82) is 0 Å². The molecule has 3 rings (SSSR count). The van der Waals surface area contributed by atoms with E-state index in [0.29, 0.717) is 23.6 Å². The van der Waals surface area contributed by atoms with Crippen molar-refractivity contribution in [3.63, 3.8) is 0 Å². The van der Waals surface area contributed by atoms with Crippen LogP contribution in [0.1, 0.15) is 49.1 Å². The van der Waals surface area contributed by atoms with Gasteiger partial charge in [0.1, 0.15) is 12.4 Å². The van der Waals surface area contributed by atoms with Gasteiger partial charge >= 0.3 is 12.0 Å². The molecule has 2 aromatic rings. The van der Waals surface area contributed by atoms with Gasteiger partial charge in [-0.3, -0.25) is 0 Å². The number of esters is 1. The third-order valence-corrected chi connectivity index (χ3v) is 4.92. The van der Waals surface area contributed by atoms with Crippen LogP contribution in [0, 0.1) is 13.8 Å². The van der Waals surface area contributed by atoms with Gasteiger partial charge in [0.05, 0.1) is 17.7 Å². The summed E-state index contributed by atoms with van der Waals surface area (Å²) in [7, 11) is 0. The number of urea groups is 1. The van der Waals surface area contributed by atoms with Gasteiger partial charge < -0.3 is 20.1 Å². The van der Waals surface area contributed by atoms with Gasteiger partial charge in [0.25, 0.3) is 0 Å². The molecule has 0 fully saturated rings. The first kappa shape index (κ1) is 21.4. The van der Waals surface area contributed by atoms with Crippen molar-refractivity contribution in [3.8, 4) is 5.75 Å². The summed E-state index contributed by atoms with van der Waals surface area (Å²) in [6, 6.07) is 12.7. The van der Waals surface area contributed by atoms with Crippen LogP contribution in [-0.2, 0) is 16.1 Å². The van der Waals surface area contributed by atoms with E-state index in [-0.39, 0.29) is 12.1 Å². The van der Waals surface area contributed by atoms with Crippen molar-refractivity contribution in [1.82, 2.24) is 10.6 Å². The fourth-order valence-electron chi connectivity index (χ4n) is 3.39. The molecule has 2 amide bonds. The van der Waals surface area contributed by atoms with Crippen LogP contribution in [0.2, 0.25) is 0 Å². The van der Waals surface area contributed by atoms with Gasteiger partial charge in [-0.05, 0) is 63.4 Å². The number of carbonyl (C=O) groups is 2. The Labute approximate surface area is 177 Å². The second-order valence-corrected chi connectivity index (χ2v) is 7.82. The molecule has 1 unspecified atom stereocenters. The third-order valence-electron chi connectivity index (χ3n) is 4.92. The highest BCUT2D eigenvalue weighted by Crippen LogP contribution is 2.30. The van der Waals surface area contributed by atoms with E-state index in [2.05, 4.69) is 42.7 Å². The van der Waals surface area contributed by atoms with Crippen molar-refractivity contribution in [2.45, 2.75) is 53.4 Å². The minimum atomic E-state index is -0.616. The van der Waals surface area contributed by atoms with Crippen molar-refractivity contribution < 1.29 is 19.1 Å². The summed E-state index contributed by atoms with van der Waals surface area (Å²) in [6.45, 7) is 9.82. The Kier molecular flexibility index (Phi) is 6.45. The molecule has 30 heavy (non-hydrogen) atoms. The lowest BCUT2D eigenvalue weighted by molar-refractivity contribution is -0.143. The number of rotatable bonds is 6. The summed E-state index contributed by atoms with van der Waals surface area (Å²) in [4.78, 5) is 24.7. The molecule has 6 nitrogen and oxygen atoms in total. The lowest BCUT2D eigenvalue weighted by atomic mass is 9.95. The highest BCUT2D eigenvalue weighted by molar-refractivity contribution is 5.95. The fraction of sp³-hybridized carbons (Fsp3) is 0.333. The summed E-state index contributed by atoms with van der Waals surface area (Å²) < 4.78 is 11.4. The average Bonchev–Trinajstić information content (AvgIpc) is 2.67. The number of nitrogens with one attached hydrogen (secondary N) is 2. The lowest BCUT2D eigenvalue weighted by Gasteiger charge is -2.28. The van der Waals surface area contributed by atoms with Crippen LogP contribution in [0.25, 0.3) is 0 Å². The predicted molar refractivity (Wildman–Crippen MR) is 115 cm³/mol. The molecular formula is C24H28N2O4. The largest absolute Gasteiger partial charge is 0.489 e. The van der Waals surface area contributed by atoms with Crippen LogP contribution in [-0.4, -0.2) is 18.1 Å². The van der Waals surface area contributed by atoms with E-state index in [4.69, 9.17) is 9.47 Å². The summed E-state index contributed by atoms with van der Waals surface area (Å²) >= 11 is 0. The predicted octanol–water partition coefficient (Wildman–Crippen LogP) is 4.46. The monoisotopic (exact) mass is 408 g/mol. The number of benzene rings is 2. The number of hydrogen-bond donors (Lipinski definition) is 2. The third kappa shape index (κ3) is 5.00. The maximum atomic E-state index is 12.7. The summed E-state index contributed by atoms with van der Waals surface area (Å²) in [5, 5.41) is 5.47. The molecule has 0 saturated carbocycles. The van der Waals surface area contributed by atoms with Crippen molar-refractivity contribution >= 4 is 12.0 Å². The molecule has 0 saturated heterocycles. The summed E-state index contributed by atoms with van der Waals surface area (Å²) in [6.07, 6.45) is -0.261. The molecule has 1 aliphatic rings. The maximum Gasteiger partial charge on any atom is 0.338 e. The molecule has 2 N–H and O–H groups in total. The van der Waals surface area contributed by atoms with E-state index in [1.807, 2.05) is 24.3 Å². The minimum absolute atomic E-state index is 0.261. The van der Waals surface area contributed by atoms with Crippen LogP contribution >= 0.6 is 0 Å². The van der Waals surface area contributed by atoms with Crippen LogP contribution in [0.3, 0.4) is 0 Å². The highest BCUT2D eigenvalue weighted by Gasteiger charge is 2.32. The Morgan fingerprint density at radius 2 is 1.87 bits per heavy atom. The topological polar surface area (TPSA) is 76.7 Å². The van der Waals surface area contributed by atoms with Gasteiger partial charge in [-0.25, -0.2) is 9.59 Å². The number of carbonyl (C=O) groups excluding carboxylic acids is 2. The Balaban J connectivity index is 1.85. The normalized spacial score (nSPS) is 16.2. The summed E-state index contributed by atoms with van der Waals surface area (Å²) in [5.74, 6) is 0.206. The van der Waals surface area contributed by atoms with Gasteiger partial charge in [0, 0.05) is 5.70 Å². The molecule has 158 valence electrons. The average molecular weight is 408 g/mol. The minimum Gasteiger partial charge on any atom is -0.489 e. The Morgan fingerprint density at radius 3 is 2.60 bits per heavy atom. The standard InChI is InChI=1S/C24H28N2O4/c1-14(2)30-23(27)21-17(5)25-24(28)26-22(21)18-7-6-8-20(12-18)29-13-19-11-15(3)9-10-16(19)4/h6-12,14,22H,13H2,1-5H3,(H2,25,26,28). The first-order valence-corrected chi connectivity index (χ1v) is 10.0. The fourth-order valence-corrected chi connectivity index (χ4v) is 3.39. The Morgan fingerprint density at radius 1 is 1.10 bits per heavy atom. The SMILES string of the molecule is CC1=C(C(=O)OC(C)C)C(c2cccc(OCc3cc(C)ccc3C)c2)NC(=O)N1. The molecule has 1 aliphatic heterocycles. The van der Waals surface area contributed by atoms with Crippen molar-refractivity contribution in [3.05, 3.63) is 76.0 Å². The Hall–Kier alpha value is -3.28. The van der Waals surface area contributed by atoms with E-state index in [9.17, 15) is 9.59 Å². The number of amides is 2. The number of aryl methyl sites for hydroxylation is 2. The summed E-state index contributed by atoms with van der Waals surface area (Å²) in [5.41, 5.74) is 5.08. The number of hydrogen-bond acceptors (Lipinski definition) is 4. The molecule has 0 bridgehead atoms. The second-order valence-electron chi connectivity index (χ2n) is 7.82. The molecular weight excluding hydrogens is 380 g/mol. The van der Waals surface area contributed by atoms with Gasteiger partial charge in [-0.2, -0.15) is 0 Å². The lowest BCUT2D eigenvalue weighted by Crippen LogP contribution is -2.45. The Bertz CT molecular complexity index is 994. The molecule has 0 spiro atoms. The highest BCUT2D eigenvalue weighted by atomic mass is 16.5. The van der Waals surface area contributed by atoms with Gasteiger partial charge in [-0.1, -0.05) is 35.9 Å². The molecule has 1 heterocycles. The quantitative estimate of drug-likeness (QED) is 0.692. The zero-order chi connectivity index (χ0) is 21.8. The molecule has 6 heteroatoms. The molecule has 0 radical (unpaired) electrons. The molecule has 0 aliphatic carbocycles. The number of ether oxygens (including phenoxy) is 2. The zero-order valence-corrected chi connectivity index (χ0v) is 18.0. The van der Waals surface area contributed by atoms with E-state index < -0.39 is 12.0 Å².